The Morgan fingerprint density at radius 3 is 2.61 bits per heavy atom. The van der Waals surface area contributed by atoms with Crippen LogP contribution in [-0.2, 0) is 0 Å². The standard InChI is InChI=1S/C17H24BrN5/c1-12-10-14(18)6-7-15(12)21-17-20-13(2)11-16(22-17)19-8-5-9-23(3)4/h6-7,10-11H,5,8-9H2,1-4H3,(H2,19,20,21,22). The third-order valence-electron chi connectivity index (χ3n) is 3.38. The SMILES string of the molecule is Cc1cc(NCCCN(C)C)nc(Nc2ccc(Br)cc2C)n1. The summed E-state index contributed by atoms with van der Waals surface area (Å²) in [7, 11) is 4.16. The maximum Gasteiger partial charge on any atom is 0.229 e. The summed E-state index contributed by atoms with van der Waals surface area (Å²) in [5, 5.41) is 6.66. The molecule has 2 N–H and O–H groups in total. The van der Waals surface area contributed by atoms with Gasteiger partial charge in [0.25, 0.3) is 0 Å². The van der Waals surface area contributed by atoms with E-state index < -0.39 is 0 Å². The molecule has 0 aliphatic heterocycles. The molecule has 124 valence electrons. The van der Waals surface area contributed by atoms with Crippen LogP contribution in [0.25, 0.3) is 0 Å². The van der Waals surface area contributed by atoms with E-state index in [1.54, 1.807) is 0 Å². The number of aryl methyl sites for hydroxylation is 2. The molecule has 0 spiro atoms. The molecule has 5 nitrogen and oxygen atoms in total. The number of halogens is 1. The van der Waals surface area contributed by atoms with Crippen LogP contribution in [-0.4, -0.2) is 42.1 Å². The van der Waals surface area contributed by atoms with Gasteiger partial charge in [0.2, 0.25) is 5.95 Å². The minimum atomic E-state index is 0.616. The molecule has 6 heteroatoms. The molecule has 2 rings (SSSR count). The van der Waals surface area contributed by atoms with Crippen LogP contribution in [0.2, 0.25) is 0 Å². The summed E-state index contributed by atoms with van der Waals surface area (Å²) in [6.07, 6.45) is 1.07. The molecule has 0 radical (unpaired) electrons. The molecule has 0 aliphatic rings. The van der Waals surface area contributed by atoms with E-state index in [1.165, 1.54) is 0 Å². The van der Waals surface area contributed by atoms with Gasteiger partial charge in [-0.3, -0.25) is 0 Å². The molecule has 2 aromatic rings. The van der Waals surface area contributed by atoms with Crippen LogP contribution in [0.15, 0.2) is 28.7 Å². The molecule has 1 aromatic carbocycles. The van der Waals surface area contributed by atoms with Crippen molar-refractivity contribution in [3.05, 3.63) is 40.0 Å². The summed E-state index contributed by atoms with van der Waals surface area (Å²) >= 11 is 3.48. The van der Waals surface area contributed by atoms with Gasteiger partial charge >= 0.3 is 0 Å². The average molecular weight is 378 g/mol. The average Bonchev–Trinajstić information content (AvgIpc) is 2.46. The smallest absolute Gasteiger partial charge is 0.229 e. The van der Waals surface area contributed by atoms with E-state index >= 15 is 0 Å². The summed E-state index contributed by atoms with van der Waals surface area (Å²) < 4.78 is 1.06. The van der Waals surface area contributed by atoms with Crippen molar-refractivity contribution in [2.24, 2.45) is 0 Å². The summed E-state index contributed by atoms with van der Waals surface area (Å²) in [6, 6.07) is 8.06. The fourth-order valence-corrected chi connectivity index (χ4v) is 2.69. The first-order chi connectivity index (χ1) is 10.9. The highest BCUT2D eigenvalue weighted by Crippen LogP contribution is 2.23. The summed E-state index contributed by atoms with van der Waals surface area (Å²) in [5.74, 6) is 1.47. The lowest BCUT2D eigenvalue weighted by Gasteiger charge is -2.13. The van der Waals surface area contributed by atoms with E-state index in [1.807, 2.05) is 25.1 Å². The fourth-order valence-electron chi connectivity index (χ4n) is 2.21. The lowest BCUT2D eigenvalue weighted by molar-refractivity contribution is 0.405. The number of nitrogens with one attached hydrogen (secondary N) is 2. The molecule has 0 saturated heterocycles. The predicted molar refractivity (Wildman–Crippen MR) is 101 cm³/mol. The van der Waals surface area contributed by atoms with Crippen LogP contribution in [0, 0.1) is 13.8 Å². The molecule has 0 saturated carbocycles. The normalized spacial score (nSPS) is 10.9. The maximum absolute atomic E-state index is 4.55. The zero-order valence-corrected chi connectivity index (χ0v) is 15.7. The van der Waals surface area contributed by atoms with Crippen molar-refractivity contribution in [3.63, 3.8) is 0 Å². The van der Waals surface area contributed by atoms with E-state index in [9.17, 15) is 0 Å². The van der Waals surface area contributed by atoms with Crippen molar-refractivity contribution in [1.82, 2.24) is 14.9 Å². The molecule has 0 atom stereocenters. The highest BCUT2D eigenvalue weighted by atomic mass is 79.9. The van der Waals surface area contributed by atoms with Crippen LogP contribution in [0.1, 0.15) is 17.7 Å². The zero-order chi connectivity index (χ0) is 16.8. The molecule has 1 aromatic heterocycles. The first-order valence-electron chi connectivity index (χ1n) is 7.71. The van der Waals surface area contributed by atoms with Gasteiger partial charge in [-0.25, -0.2) is 4.98 Å². The molecule has 0 amide bonds. The van der Waals surface area contributed by atoms with Crippen molar-refractivity contribution < 1.29 is 0 Å². The molecule has 0 unspecified atom stereocenters. The number of nitrogens with zero attached hydrogens (tertiary/aromatic N) is 3. The van der Waals surface area contributed by atoms with Crippen LogP contribution in [0.4, 0.5) is 17.5 Å². The van der Waals surface area contributed by atoms with Crippen molar-refractivity contribution >= 4 is 33.4 Å². The molecule has 0 bridgehead atoms. The fraction of sp³-hybridized carbons (Fsp3) is 0.412. The Kier molecular flexibility index (Phi) is 6.36. The number of hydrogen-bond acceptors (Lipinski definition) is 5. The van der Waals surface area contributed by atoms with Gasteiger partial charge in [0, 0.05) is 28.5 Å². The summed E-state index contributed by atoms with van der Waals surface area (Å²) in [6.45, 7) is 5.99. The Morgan fingerprint density at radius 1 is 1.13 bits per heavy atom. The highest BCUT2D eigenvalue weighted by molar-refractivity contribution is 9.10. The second-order valence-electron chi connectivity index (χ2n) is 5.89. The number of aromatic nitrogens is 2. The van der Waals surface area contributed by atoms with E-state index in [0.717, 1.165) is 46.7 Å². The van der Waals surface area contributed by atoms with E-state index in [0.29, 0.717) is 5.95 Å². The van der Waals surface area contributed by atoms with E-state index in [-0.39, 0.29) is 0 Å². The first kappa shape index (κ1) is 17.7. The highest BCUT2D eigenvalue weighted by Gasteiger charge is 2.05. The van der Waals surface area contributed by atoms with Gasteiger partial charge in [-0.1, -0.05) is 15.9 Å². The second-order valence-corrected chi connectivity index (χ2v) is 6.80. The quantitative estimate of drug-likeness (QED) is 0.715. The Bertz CT molecular complexity index is 657. The lowest BCUT2D eigenvalue weighted by Crippen LogP contribution is -2.17. The van der Waals surface area contributed by atoms with Crippen LogP contribution in [0.3, 0.4) is 0 Å². The second kappa shape index (κ2) is 8.26. The molecular weight excluding hydrogens is 354 g/mol. The van der Waals surface area contributed by atoms with Gasteiger partial charge in [-0.05, 0) is 64.7 Å². The van der Waals surface area contributed by atoms with E-state index in [2.05, 4.69) is 68.5 Å². The number of rotatable bonds is 7. The van der Waals surface area contributed by atoms with Gasteiger partial charge in [0.05, 0.1) is 0 Å². The minimum Gasteiger partial charge on any atom is -0.370 e. The van der Waals surface area contributed by atoms with Crippen molar-refractivity contribution in [2.75, 3.05) is 37.8 Å². The van der Waals surface area contributed by atoms with Crippen molar-refractivity contribution in [3.8, 4) is 0 Å². The number of hydrogen-bond donors (Lipinski definition) is 2. The third kappa shape index (κ3) is 5.80. The van der Waals surface area contributed by atoms with Crippen molar-refractivity contribution in [1.29, 1.82) is 0 Å². The minimum absolute atomic E-state index is 0.616. The maximum atomic E-state index is 4.55. The van der Waals surface area contributed by atoms with Crippen LogP contribution >= 0.6 is 15.9 Å². The predicted octanol–water partition coefficient (Wildman–Crippen LogP) is 3.96. The lowest BCUT2D eigenvalue weighted by atomic mass is 10.2. The molecule has 1 heterocycles. The Hall–Kier alpha value is -1.66. The molecule has 0 fully saturated rings. The van der Waals surface area contributed by atoms with Gasteiger partial charge in [0.1, 0.15) is 5.82 Å². The molecular formula is C17H24BrN5. The number of anilines is 3. The Labute approximate surface area is 146 Å². The largest absolute Gasteiger partial charge is 0.370 e. The van der Waals surface area contributed by atoms with Gasteiger partial charge in [-0.2, -0.15) is 4.98 Å². The monoisotopic (exact) mass is 377 g/mol. The van der Waals surface area contributed by atoms with E-state index in [4.69, 9.17) is 0 Å². The number of benzene rings is 1. The van der Waals surface area contributed by atoms with Crippen molar-refractivity contribution in [2.45, 2.75) is 20.3 Å². The third-order valence-corrected chi connectivity index (χ3v) is 3.87. The van der Waals surface area contributed by atoms with Crippen LogP contribution in [0.5, 0.6) is 0 Å². The molecule has 23 heavy (non-hydrogen) atoms. The van der Waals surface area contributed by atoms with Gasteiger partial charge < -0.3 is 15.5 Å². The first-order valence-corrected chi connectivity index (χ1v) is 8.51. The van der Waals surface area contributed by atoms with Gasteiger partial charge in [0.15, 0.2) is 0 Å². The van der Waals surface area contributed by atoms with Crippen LogP contribution < -0.4 is 10.6 Å². The topological polar surface area (TPSA) is 53.1 Å². The summed E-state index contributed by atoms with van der Waals surface area (Å²) in [4.78, 5) is 11.2. The summed E-state index contributed by atoms with van der Waals surface area (Å²) in [5.41, 5.74) is 3.09. The Balaban J connectivity index is 2.04. The Morgan fingerprint density at radius 2 is 1.91 bits per heavy atom. The molecule has 0 aliphatic carbocycles. The van der Waals surface area contributed by atoms with Gasteiger partial charge in [-0.15, -0.1) is 0 Å². The zero-order valence-electron chi connectivity index (χ0n) is 14.2.